The molecule has 1 saturated carbocycles. The summed E-state index contributed by atoms with van der Waals surface area (Å²) < 4.78 is 14.2. The van der Waals surface area contributed by atoms with E-state index in [-0.39, 0.29) is 11.3 Å². The highest BCUT2D eigenvalue weighted by atomic mass is 35.5. The van der Waals surface area contributed by atoms with Crippen LogP contribution in [0.15, 0.2) is 18.2 Å². The maximum Gasteiger partial charge on any atom is 0.305 e. The van der Waals surface area contributed by atoms with E-state index in [9.17, 15) is 14.5 Å². The van der Waals surface area contributed by atoms with Crippen LogP contribution in [0.2, 0.25) is 0 Å². The Labute approximate surface area is 129 Å². The molecular formula is C16H21ClFNO2. The summed E-state index contributed by atoms with van der Waals surface area (Å²) in [4.78, 5) is 10.1. The Balaban J connectivity index is 2.13. The first kappa shape index (κ1) is 16.2. The number of hydrogen-bond acceptors (Lipinski definition) is 2. The number of halogens is 2. The largest absolute Gasteiger partial charge is 0.305 e. The quantitative estimate of drug-likeness (QED) is 0.431. The second kappa shape index (κ2) is 7.21. The molecular weight excluding hydrogens is 293 g/mol. The number of alkyl halides is 1. The molecule has 1 fully saturated rings. The van der Waals surface area contributed by atoms with Crippen molar-refractivity contribution in [3.63, 3.8) is 0 Å². The van der Waals surface area contributed by atoms with Gasteiger partial charge in [-0.15, -0.1) is 11.6 Å². The second-order valence-electron chi connectivity index (χ2n) is 5.96. The summed E-state index contributed by atoms with van der Waals surface area (Å²) in [5.41, 5.74) is -0.0310. The van der Waals surface area contributed by atoms with Gasteiger partial charge in [-0.05, 0) is 43.1 Å². The average Bonchev–Trinajstić information content (AvgIpc) is 2.44. The highest BCUT2D eigenvalue weighted by molar-refractivity contribution is 6.20. The third kappa shape index (κ3) is 3.94. The number of nitrogens with zero attached hydrogens (tertiary/aromatic N) is 1. The van der Waals surface area contributed by atoms with Crippen molar-refractivity contribution in [2.45, 2.75) is 50.8 Å². The molecule has 0 radical (unpaired) electrons. The fourth-order valence-electron chi connectivity index (χ4n) is 3.35. The first-order chi connectivity index (χ1) is 10.0. The van der Waals surface area contributed by atoms with Crippen molar-refractivity contribution in [3.8, 4) is 0 Å². The molecule has 5 heteroatoms. The van der Waals surface area contributed by atoms with Crippen LogP contribution in [-0.4, -0.2) is 10.3 Å². The van der Waals surface area contributed by atoms with Crippen molar-refractivity contribution in [1.82, 2.24) is 0 Å². The molecule has 0 aromatic heterocycles. The lowest BCUT2D eigenvalue weighted by molar-refractivity contribution is -0.387. The van der Waals surface area contributed by atoms with Gasteiger partial charge >= 0.3 is 5.69 Å². The molecule has 0 heterocycles. The van der Waals surface area contributed by atoms with Crippen LogP contribution in [0.4, 0.5) is 10.1 Å². The topological polar surface area (TPSA) is 43.1 Å². The minimum Gasteiger partial charge on any atom is -0.258 e. The van der Waals surface area contributed by atoms with E-state index in [1.807, 2.05) is 0 Å². The van der Waals surface area contributed by atoms with E-state index in [1.54, 1.807) is 12.1 Å². The highest BCUT2D eigenvalue weighted by Crippen LogP contribution is 2.37. The van der Waals surface area contributed by atoms with Crippen molar-refractivity contribution < 1.29 is 9.31 Å². The molecule has 21 heavy (non-hydrogen) atoms. The number of hydrogen-bond donors (Lipinski definition) is 0. The summed E-state index contributed by atoms with van der Waals surface area (Å²) in [6, 6.07) is 4.39. The van der Waals surface area contributed by atoms with E-state index in [2.05, 4.69) is 6.92 Å². The molecule has 1 aromatic rings. The molecule has 0 amide bonds. The van der Waals surface area contributed by atoms with Gasteiger partial charge in [-0.2, -0.15) is 4.39 Å². The van der Waals surface area contributed by atoms with Crippen LogP contribution < -0.4 is 0 Å². The Hall–Kier alpha value is -1.16. The highest BCUT2D eigenvalue weighted by Gasteiger charge is 2.30. The zero-order valence-electron chi connectivity index (χ0n) is 12.2. The van der Waals surface area contributed by atoms with E-state index in [0.717, 1.165) is 25.7 Å². The molecule has 3 unspecified atom stereocenters. The Morgan fingerprint density at radius 2 is 2.19 bits per heavy atom. The van der Waals surface area contributed by atoms with Crippen LogP contribution in [-0.2, 0) is 6.42 Å². The molecule has 0 aliphatic heterocycles. The summed E-state index contributed by atoms with van der Waals surface area (Å²) in [6.07, 6.45) is 5.89. The van der Waals surface area contributed by atoms with Gasteiger partial charge in [0.15, 0.2) is 0 Å². The van der Waals surface area contributed by atoms with E-state index in [1.165, 1.54) is 12.5 Å². The monoisotopic (exact) mass is 313 g/mol. The van der Waals surface area contributed by atoms with Crippen molar-refractivity contribution in [2.24, 2.45) is 11.8 Å². The summed E-state index contributed by atoms with van der Waals surface area (Å²) in [7, 11) is 0. The molecule has 2 rings (SSSR count). The van der Waals surface area contributed by atoms with Gasteiger partial charge in [0.2, 0.25) is 5.82 Å². The van der Waals surface area contributed by atoms with Crippen molar-refractivity contribution in [3.05, 3.63) is 39.7 Å². The van der Waals surface area contributed by atoms with Gasteiger partial charge in [0.25, 0.3) is 0 Å². The van der Waals surface area contributed by atoms with Crippen LogP contribution in [0.1, 0.15) is 44.6 Å². The Morgan fingerprint density at radius 1 is 1.43 bits per heavy atom. The van der Waals surface area contributed by atoms with Crippen LogP contribution in [0.3, 0.4) is 0 Å². The molecule has 1 aliphatic carbocycles. The lowest BCUT2D eigenvalue weighted by Crippen LogP contribution is -2.27. The Morgan fingerprint density at radius 3 is 2.86 bits per heavy atom. The molecule has 3 atom stereocenters. The molecule has 0 N–H and O–H groups in total. The van der Waals surface area contributed by atoms with E-state index in [0.29, 0.717) is 17.9 Å². The molecule has 116 valence electrons. The molecule has 0 saturated heterocycles. The van der Waals surface area contributed by atoms with E-state index < -0.39 is 16.4 Å². The van der Waals surface area contributed by atoms with Gasteiger partial charge in [-0.25, -0.2) is 0 Å². The predicted octanol–water partition coefficient (Wildman–Crippen LogP) is 5.10. The maximum atomic E-state index is 14.2. The van der Waals surface area contributed by atoms with Gasteiger partial charge < -0.3 is 0 Å². The average molecular weight is 314 g/mol. The van der Waals surface area contributed by atoms with Crippen molar-refractivity contribution in [2.75, 3.05) is 0 Å². The van der Waals surface area contributed by atoms with Gasteiger partial charge in [0.1, 0.15) is 0 Å². The molecule has 1 aliphatic rings. The van der Waals surface area contributed by atoms with Crippen molar-refractivity contribution >= 4 is 17.3 Å². The fourth-order valence-corrected chi connectivity index (χ4v) is 3.67. The summed E-state index contributed by atoms with van der Waals surface area (Å²) >= 11 is 6.40. The van der Waals surface area contributed by atoms with Gasteiger partial charge in [0.05, 0.1) is 4.92 Å². The summed E-state index contributed by atoms with van der Waals surface area (Å²) in [5.74, 6) is 0.147. The molecule has 0 spiro atoms. The number of nitro benzene ring substituents is 1. The van der Waals surface area contributed by atoms with Crippen molar-refractivity contribution in [1.29, 1.82) is 0 Å². The summed E-state index contributed by atoms with van der Waals surface area (Å²) in [6.45, 7) is 2.17. The lowest BCUT2D eigenvalue weighted by Gasteiger charge is -2.33. The lowest BCUT2D eigenvalue weighted by atomic mass is 9.76. The molecule has 3 nitrogen and oxygen atoms in total. The first-order valence-corrected chi connectivity index (χ1v) is 8.02. The number of benzene rings is 1. The fraction of sp³-hybridized carbons (Fsp3) is 0.625. The maximum absolute atomic E-state index is 14.2. The molecule has 1 aromatic carbocycles. The number of rotatable bonds is 5. The minimum atomic E-state index is -0.705. The Bertz CT molecular complexity index is 509. The smallest absolute Gasteiger partial charge is 0.258 e. The van der Waals surface area contributed by atoms with Gasteiger partial charge in [0, 0.05) is 11.4 Å². The normalized spacial score (nSPS) is 25.8. The second-order valence-corrected chi connectivity index (χ2v) is 6.52. The standard InChI is InChI=1S/C16H21ClFNO2/c1-2-4-11-7-8-14(17)13(9-11)10-12-5-3-6-15(16(12)18)19(20)21/h3,5-6,11,13-14H,2,4,7-10H2,1H3. The third-order valence-corrected chi connectivity index (χ3v) is 5.01. The minimum absolute atomic E-state index is 0.0387. The Kier molecular flexibility index (Phi) is 5.57. The van der Waals surface area contributed by atoms with Crippen LogP contribution >= 0.6 is 11.6 Å². The number of nitro groups is 1. The van der Waals surface area contributed by atoms with E-state index >= 15 is 0 Å². The van der Waals surface area contributed by atoms with Gasteiger partial charge in [-0.3, -0.25) is 10.1 Å². The first-order valence-electron chi connectivity index (χ1n) is 7.58. The van der Waals surface area contributed by atoms with Gasteiger partial charge in [-0.1, -0.05) is 31.9 Å². The zero-order chi connectivity index (χ0) is 15.4. The third-order valence-electron chi connectivity index (χ3n) is 4.43. The van der Waals surface area contributed by atoms with E-state index in [4.69, 9.17) is 11.6 Å². The predicted molar refractivity (Wildman–Crippen MR) is 82.1 cm³/mol. The van der Waals surface area contributed by atoms with Crippen LogP contribution in [0.25, 0.3) is 0 Å². The molecule has 0 bridgehead atoms. The summed E-state index contributed by atoms with van der Waals surface area (Å²) in [5, 5.41) is 10.8. The van der Waals surface area contributed by atoms with Crippen LogP contribution in [0, 0.1) is 27.8 Å². The SMILES string of the molecule is CCCC1CCC(Cl)C(Cc2cccc([N+](=O)[O-])c2F)C1. The van der Waals surface area contributed by atoms with Crippen LogP contribution in [0.5, 0.6) is 0 Å². The zero-order valence-corrected chi connectivity index (χ0v) is 13.0.